The molecule has 1 atom stereocenters. The topological polar surface area (TPSA) is 17.1 Å². The van der Waals surface area contributed by atoms with Gasteiger partial charge >= 0.3 is 35.9 Å². The van der Waals surface area contributed by atoms with Crippen molar-refractivity contribution in [3.05, 3.63) is 0 Å². The molecule has 19 heavy (non-hydrogen) atoms. The summed E-state index contributed by atoms with van der Waals surface area (Å²) < 4.78 is 144. The van der Waals surface area contributed by atoms with E-state index < -0.39 is 35.9 Å². The summed E-state index contributed by atoms with van der Waals surface area (Å²) in [6.07, 6.45) is -22.6. The average Bonchev–Trinajstić information content (AvgIpc) is 2.09. The second kappa shape index (κ2) is 4.16. The highest BCUT2D eigenvalue weighted by Crippen LogP contribution is 2.59. The molecule has 0 spiro atoms. The fourth-order valence-corrected chi connectivity index (χ4v) is 0.993. The minimum Gasteiger partial charge on any atom is -0.257 e. The fraction of sp³-hybridized carbons (Fsp3) is 0.833. The van der Waals surface area contributed by atoms with E-state index in [2.05, 4.69) is 0 Å². The summed E-state index contributed by atoms with van der Waals surface area (Å²) in [6.45, 7) is 0. The fourth-order valence-electron chi connectivity index (χ4n) is 0.993. The van der Waals surface area contributed by atoms with Gasteiger partial charge in [0.1, 0.15) is 0 Å². The first-order valence-electron chi connectivity index (χ1n) is 3.72. The zero-order valence-electron chi connectivity index (χ0n) is 7.94. The number of halogens is 12. The number of carbonyl (C=O) groups excluding carboxylic acids is 1. The smallest absolute Gasteiger partial charge is 0.257 e. The third-order valence-corrected chi connectivity index (χ3v) is 1.92. The Morgan fingerprint density at radius 1 is 0.579 bits per heavy atom. The maximum Gasteiger partial charge on any atom is 0.436 e. The second-order valence-corrected chi connectivity index (χ2v) is 3.08. The lowest BCUT2D eigenvalue weighted by Crippen LogP contribution is -2.73. The number of alkyl halides is 11. The van der Waals surface area contributed by atoms with Crippen LogP contribution in [0.5, 0.6) is 0 Å². The van der Waals surface area contributed by atoms with Gasteiger partial charge in [-0.25, -0.2) is 8.78 Å². The van der Waals surface area contributed by atoms with Crippen molar-refractivity contribution < 1.29 is 57.5 Å². The molecule has 0 aromatic heterocycles. The van der Waals surface area contributed by atoms with Crippen LogP contribution in [0.25, 0.3) is 0 Å². The highest BCUT2D eigenvalue weighted by molar-refractivity contribution is 5.82. The Bertz CT molecular complexity index is 346. The molecule has 0 rings (SSSR count). The van der Waals surface area contributed by atoms with Gasteiger partial charge in [0, 0.05) is 0 Å². The van der Waals surface area contributed by atoms with Crippen molar-refractivity contribution in [2.45, 2.75) is 29.9 Å². The van der Waals surface area contributed by atoms with E-state index in [4.69, 9.17) is 0 Å². The van der Waals surface area contributed by atoms with Crippen LogP contribution < -0.4 is 0 Å². The van der Waals surface area contributed by atoms with E-state index in [9.17, 15) is 57.5 Å². The third kappa shape index (κ3) is 2.22. The Balaban J connectivity index is 6.54. The van der Waals surface area contributed by atoms with Gasteiger partial charge in [0.15, 0.2) is 0 Å². The summed E-state index contributed by atoms with van der Waals surface area (Å²) in [5.74, 6) is 0. The first kappa shape index (κ1) is 17.8. The third-order valence-electron chi connectivity index (χ3n) is 1.92. The maximum atomic E-state index is 12.8. The standard InChI is InChI=1S/C6F12O/c7-1(19)2(8,4(10,11)12)3(9,5(13,14)15)6(16,17)18. The first-order valence-corrected chi connectivity index (χ1v) is 3.72. The lowest BCUT2D eigenvalue weighted by atomic mass is 9.84. The van der Waals surface area contributed by atoms with Gasteiger partial charge < -0.3 is 0 Å². The molecule has 0 bridgehead atoms. The normalized spacial score (nSPS) is 18.1. The lowest BCUT2D eigenvalue weighted by molar-refractivity contribution is -0.406. The summed E-state index contributed by atoms with van der Waals surface area (Å²) in [4.78, 5) is 9.65. The Hall–Kier alpha value is -1.17. The zero-order chi connectivity index (χ0) is 16.1. The van der Waals surface area contributed by atoms with Crippen LogP contribution in [-0.4, -0.2) is 35.9 Å². The molecule has 0 heterocycles. The molecule has 0 aromatic carbocycles. The van der Waals surface area contributed by atoms with Crippen molar-refractivity contribution in [3.8, 4) is 0 Å². The van der Waals surface area contributed by atoms with Gasteiger partial charge in [-0.3, -0.25) is 4.79 Å². The molecule has 0 aliphatic carbocycles. The molecule has 0 radical (unpaired) electrons. The molecule has 1 unspecified atom stereocenters. The monoisotopic (exact) mass is 316 g/mol. The molecule has 0 saturated carbocycles. The van der Waals surface area contributed by atoms with Crippen LogP contribution in [0, 0.1) is 0 Å². The van der Waals surface area contributed by atoms with Gasteiger partial charge in [-0.1, -0.05) is 0 Å². The predicted molar refractivity (Wildman–Crippen MR) is 32.0 cm³/mol. The van der Waals surface area contributed by atoms with Crippen LogP contribution in [0.4, 0.5) is 52.7 Å². The molecule has 13 heteroatoms. The van der Waals surface area contributed by atoms with E-state index in [-0.39, 0.29) is 0 Å². The molecular formula is C6F12O. The molecule has 0 aliphatic rings. The van der Waals surface area contributed by atoms with Crippen LogP contribution in [0.1, 0.15) is 0 Å². The minimum absolute atomic E-state index is 4.81. The summed E-state index contributed by atoms with van der Waals surface area (Å²) in [6, 6.07) is -4.81. The Morgan fingerprint density at radius 2 is 0.842 bits per heavy atom. The quantitative estimate of drug-likeness (QED) is 0.562. The highest BCUT2D eigenvalue weighted by Gasteiger charge is 2.92. The molecule has 114 valence electrons. The second-order valence-electron chi connectivity index (χ2n) is 3.08. The summed E-state index contributed by atoms with van der Waals surface area (Å²) >= 11 is 0. The molecular weight excluding hydrogens is 316 g/mol. The van der Waals surface area contributed by atoms with E-state index in [1.165, 1.54) is 0 Å². The van der Waals surface area contributed by atoms with Gasteiger partial charge in [-0.2, -0.15) is 43.9 Å². The van der Waals surface area contributed by atoms with Crippen molar-refractivity contribution >= 4 is 6.04 Å². The van der Waals surface area contributed by atoms with Crippen LogP contribution >= 0.6 is 0 Å². The highest BCUT2D eigenvalue weighted by atomic mass is 19.4. The zero-order valence-corrected chi connectivity index (χ0v) is 7.94. The number of carbonyl (C=O) groups is 1. The van der Waals surface area contributed by atoms with Gasteiger partial charge in [0.25, 0.3) is 0 Å². The van der Waals surface area contributed by atoms with Crippen molar-refractivity contribution in [3.63, 3.8) is 0 Å². The van der Waals surface area contributed by atoms with E-state index >= 15 is 0 Å². The number of rotatable bonds is 2. The van der Waals surface area contributed by atoms with Gasteiger partial charge in [-0.15, -0.1) is 0 Å². The van der Waals surface area contributed by atoms with Crippen LogP contribution in [-0.2, 0) is 4.79 Å². The van der Waals surface area contributed by atoms with E-state index in [1.54, 1.807) is 0 Å². The minimum atomic E-state index is -7.78. The van der Waals surface area contributed by atoms with Gasteiger partial charge in [0.2, 0.25) is 0 Å². The first-order chi connectivity index (χ1) is 7.94. The Kier molecular flexibility index (Phi) is 3.91. The van der Waals surface area contributed by atoms with Crippen molar-refractivity contribution in [2.75, 3.05) is 0 Å². The Labute approximate surface area is 94.7 Å². The molecule has 0 saturated heterocycles. The molecule has 0 N–H and O–H groups in total. The van der Waals surface area contributed by atoms with Crippen LogP contribution in [0.3, 0.4) is 0 Å². The number of hydrogen-bond donors (Lipinski definition) is 0. The largest absolute Gasteiger partial charge is 0.436 e. The van der Waals surface area contributed by atoms with E-state index in [0.717, 1.165) is 0 Å². The van der Waals surface area contributed by atoms with Gasteiger partial charge in [0.05, 0.1) is 0 Å². The number of hydrogen-bond acceptors (Lipinski definition) is 1. The summed E-state index contributed by atoms with van der Waals surface area (Å²) in [5, 5.41) is 0. The van der Waals surface area contributed by atoms with Crippen molar-refractivity contribution in [1.82, 2.24) is 0 Å². The molecule has 0 fully saturated rings. The SMILES string of the molecule is O=C(F)C(F)(C(F)(F)F)C(F)(C(F)(F)F)C(F)(F)F. The van der Waals surface area contributed by atoms with Crippen LogP contribution in [0.2, 0.25) is 0 Å². The summed E-state index contributed by atoms with van der Waals surface area (Å²) in [7, 11) is 0. The molecule has 0 amide bonds. The van der Waals surface area contributed by atoms with Crippen LogP contribution in [0.15, 0.2) is 0 Å². The molecule has 0 aliphatic heterocycles. The van der Waals surface area contributed by atoms with E-state index in [1.807, 2.05) is 0 Å². The predicted octanol–water partition coefficient (Wildman–Crippen LogP) is 3.59. The van der Waals surface area contributed by atoms with Crippen molar-refractivity contribution in [1.29, 1.82) is 0 Å². The average molecular weight is 316 g/mol. The maximum absolute atomic E-state index is 12.8. The van der Waals surface area contributed by atoms with E-state index in [0.29, 0.717) is 0 Å². The van der Waals surface area contributed by atoms with Gasteiger partial charge in [-0.05, 0) is 0 Å². The Morgan fingerprint density at radius 3 is 0.895 bits per heavy atom. The molecule has 1 nitrogen and oxygen atoms in total. The lowest BCUT2D eigenvalue weighted by Gasteiger charge is -2.38. The molecule has 0 aromatic rings. The summed E-state index contributed by atoms with van der Waals surface area (Å²) in [5.41, 5.74) is -15.2. The van der Waals surface area contributed by atoms with Crippen molar-refractivity contribution in [2.24, 2.45) is 0 Å².